The molecule has 7 heteroatoms. The molecule has 0 spiro atoms. The monoisotopic (exact) mass is 485 g/mol. The number of carboxylic acids is 2. The molecular weight excluding hydrogens is 430 g/mol. The zero-order valence-corrected chi connectivity index (χ0v) is 22.6. The van der Waals surface area contributed by atoms with Crippen LogP contribution in [0.15, 0.2) is 18.7 Å². The number of rotatable bonds is 18. The number of carboxylic acid groups (broad SMARTS) is 2. The van der Waals surface area contributed by atoms with Gasteiger partial charge in [-0.3, -0.25) is 9.59 Å². The number of carbonyl (C=O) groups is 2. The molecule has 1 aromatic rings. The predicted molar refractivity (Wildman–Crippen MR) is 143 cm³/mol. The summed E-state index contributed by atoms with van der Waals surface area (Å²) in [5.74, 6) is -1.42. The Hall–Kier alpha value is -1.89. The van der Waals surface area contributed by atoms with Crippen LogP contribution in [-0.2, 0) is 9.59 Å². The first-order valence-electron chi connectivity index (χ1n) is 13.5. The van der Waals surface area contributed by atoms with Crippen LogP contribution < -0.4 is 5.32 Å². The maximum atomic E-state index is 9.60. The van der Waals surface area contributed by atoms with Crippen molar-refractivity contribution < 1.29 is 19.8 Å². The van der Waals surface area contributed by atoms with Gasteiger partial charge in [-0.1, -0.05) is 91.9 Å². The highest BCUT2D eigenvalue weighted by Gasteiger charge is 1.92. The van der Waals surface area contributed by atoms with Gasteiger partial charge in [0.25, 0.3) is 0 Å². The molecule has 0 unspecified atom stereocenters. The van der Waals surface area contributed by atoms with Crippen molar-refractivity contribution in [3.05, 3.63) is 18.7 Å². The number of aliphatic carboxylic acids is 2. The largest absolute Gasteiger partial charge is 0.481 e. The molecule has 0 saturated carbocycles. The van der Waals surface area contributed by atoms with Crippen LogP contribution in [0.5, 0.6) is 0 Å². The Labute approximate surface area is 209 Å². The Morgan fingerprint density at radius 3 is 1.32 bits per heavy atom. The number of aromatic nitrogens is 2. The van der Waals surface area contributed by atoms with Crippen LogP contribution in [0, 0.1) is 0 Å². The van der Waals surface area contributed by atoms with E-state index in [-0.39, 0.29) is 0 Å². The van der Waals surface area contributed by atoms with Crippen LogP contribution in [-0.4, -0.2) is 45.2 Å². The van der Waals surface area contributed by atoms with E-state index in [0.717, 1.165) is 12.8 Å². The van der Waals surface area contributed by atoms with Gasteiger partial charge < -0.3 is 20.5 Å². The van der Waals surface area contributed by atoms with Crippen molar-refractivity contribution in [1.82, 2.24) is 15.3 Å². The van der Waals surface area contributed by atoms with Gasteiger partial charge in [0.05, 0.1) is 6.33 Å². The zero-order valence-electron chi connectivity index (χ0n) is 22.6. The van der Waals surface area contributed by atoms with Crippen molar-refractivity contribution in [3.63, 3.8) is 0 Å². The molecule has 0 saturated heterocycles. The Morgan fingerprint density at radius 1 is 0.676 bits per heavy atom. The molecule has 0 aliphatic heterocycles. The highest BCUT2D eigenvalue weighted by Crippen LogP contribution is 2.05. The average Bonchev–Trinajstić information content (AvgIpc) is 3.38. The second-order valence-electron chi connectivity index (χ2n) is 8.33. The van der Waals surface area contributed by atoms with Gasteiger partial charge in [-0.25, -0.2) is 4.98 Å². The average molecular weight is 486 g/mol. The van der Waals surface area contributed by atoms with E-state index < -0.39 is 11.9 Å². The van der Waals surface area contributed by atoms with Crippen LogP contribution in [0.1, 0.15) is 130 Å². The van der Waals surface area contributed by atoms with Gasteiger partial charge >= 0.3 is 11.9 Å². The van der Waals surface area contributed by atoms with E-state index >= 15 is 0 Å². The molecule has 0 aromatic carbocycles. The fourth-order valence-electron chi connectivity index (χ4n) is 2.83. The summed E-state index contributed by atoms with van der Waals surface area (Å²) in [6, 6.07) is 0. The van der Waals surface area contributed by atoms with Gasteiger partial charge in [-0.2, -0.15) is 0 Å². The van der Waals surface area contributed by atoms with Crippen LogP contribution in [0.4, 0.5) is 0 Å². The van der Waals surface area contributed by atoms with Gasteiger partial charge in [-0.05, 0) is 38.8 Å². The van der Waals surface area contributed by atoms with Crippen molar-refractivity contribution in [3.8, 4) is 0 Å². The summed E-state index contributed by atoms with van der Waals surface area (Å²) in [7, 11) is 0. The van der Waals surface area contributed by atoms with E-state index in [1.807, 2.05) is 13.8 Å². The predicted octanol–water partition coefficient (Wildman–Crippen LogP) is 7.45. The number of imidazole rings is 1. The van der Waals surface area contributed by atoms with E-state index in [0.29, 0.717) is 12.8 Å². The lowest BCUT2D eigenvalue weighted by atomic mass is 10.1. The highest BCUT2D eigenvalue weighted by molar-refractivity contribution is 5.66. The molecule has 0 atom stereocenters. The summed E-state index contributed by atoms with van der Waals surface area (Å²) in [5.41, 5.74) is 0. The molecule has 0 aliphatic rings. The smallest absolute Gasteiger partial charge is 0.303 e. The van der Waals surface area contributed by atoms with Crippen LogP contribution in [0.2, 0.25) is 0 Å². The van der Waals surface area contributed by atoms with Gasteiger partial charge in [0.2, 0.25) is 0 Å². The fraction of sp³-hybridized carbons (Fsp3) is 0.815. The van der Waals surface area contributed by atoms with Gasteiger partial charge in [0.1, 0.15) is 0 Å². The molecule has 0 bridgehead atoms. The summed E-state index contributed by atoms with van der Waals surface area (Å²) in [5, 5.41) is 19.4. The Bertz CT molecular complexity index is 435. The Balaban J connectivity index is -0.000000456. The number of nitrogens with one attached hydrogen (secondary N) is 2. The van der Waals surface area contributed by atoms with Crippen molar-refractivity contribution in [2.75, 3.05) is 13.1 Å². The lowest BCUT2D eigenvalue weighted by Crippen LogP contribution is -2.16. The molecule has 202 valence electrons. The second kappa shape index (κ2) is 35.7. The van der Waals surface area contributed by atoms with Crippen molar-refractivity contribution >= 4 is 11.9 Å². The number of aromatic amines is 1. The van der Waals surface area contributed by atoms with E-state index in [9.17, 15) is 9.59 Å². The van der Waals surface area contributed by atoms with Gasteiger partial charge in [0, 0.05) is 25.2 Å². The van der Waals surface area contributed by atoms with Crippen LogP contribution in [0.25, 0.3) is 0 Å². The van der Waals surface area contributed by atoms with Crippen LogP contribution in [0.3, 0.4) is 0 Å². The third kappa shape index (κ3) is 47.8. The molecule has 0 aliphatic carbocycles. The standard InChI is InChI=1S/C16H35N.2C4H8O2.C3H4N2/c1-3-5-7-9-11-13-15-17-16-14-12-10-8-6-4-2;2*1-2-3-4(5)6;1-2-5-3-4-1/h17H,3-16H2,1-2H3;2*2-3H2,1H3,(H,5,6);1-3H,(H,4,5). The minimum Gasteiger partial charge on any atom is -0.481 e. The molecule has 1 aromatic heterocycles. The first-order chi connectivity index (χ1) is 16.5. The molecule has 0 radical (unpaired) electrons. The first-order valence-corrected chi connectivity index (χ1v) is 13.5. The molecule has 4 N–H and O–H groups in total. The minimum atomic E-state index is -0.711. The van der Waals surface area contributed by atoms with Crippen molar-refractivity contribution in [2.45, 2.75) is 130 Å². The number of H-pyrrole nitrogens is 1. The Morgan fingerprint density at radius 2 is 1.09 bits per heavy atom. The fourth-order valence-corrected chi connectivity index (χ4v) is 2.83. The lowest BCUT2D eigenvalue weighted by molar-refractivity contribution is -0.138. The second-order valence-corrected chi connectivity index (χ2v) is 8.33. The topological polar surface area (TPSA) is 115 Å². The molecular formula is C27H55N3O4. The molecule has 7 nitrogen and oxygen atoms in total. The highest BCUT2D eigenvalue weighted by atomic mass is 16.4. The number of unbranched alkanes of at least 4 members (excludes halogenated alkanes) is 10. The summed E-state index contributed by atoms with van der Waals surface area (Å²) >= 11 is 0. The zero-order chi connectivity index (χ0) is 26.1. The van der Waals surface area contributed by atoms with Crippen molar-refractivity contribution in [2.24, 2.45) is 0 Å². The van der Waals surface area contributed by atoms with Crippen molar-refractivity contribution in [1.29, 1.82) is 0 Å². The first kappa shape index (κ1) is 36.7. The summed E-state index contributed by atoms with van der Waals surface area (Å²) in [6.07, 6.45) is 24.0. The van der Waals surface area contributed by atoms with E-state index in [1.54, 1.807) is 18.7 Å². The van der Waals surface area contributed by atoms with E-state index in [4.69, 9.17) is 10.2 Å². The SMILES string of the molecule is CCCC(=O)O.CCCC(=O)O.CCCCCCCCNCCCCCCCC.c1c[nH]cn1. The van der Waals surface area contributed by atoms with Gasteiger partial charge in [0.15, 0.2) is 0 Å². The third-order valence-corrected chi connectivity index (χ3v) is 4.75. The normalized spacial score (nSPS) is 9.53. The minimum absolute atomic E-state index is 0.292. The summed E-state index contributed by atoms with van der Waals surface area (Å²) in [6.45, 7) is 10.7. The third-order valence-electron chi connectivity index (χ3n) is 4.75. The molecule has 0 amide bonds. The molecule has 34 heavy (non-hydrogen) atoms. The Kier molecular flexibility index (Phi) is 38.5. The van der Waals surface area contributed by atoms with E-state index in [2.05, 4.69) is 29.1 Å². The van der Waals surface area contributed by atoms with Gasteiger partial charge in [-0.15, -0.1) is 0 Å². The molecule has 1 rings (SSSR count). The van der Waals surface area contributed by atoms with E-state index in [1.165, 1.54) is 90.1 Å². The maximum Gasteiger partial charge on any atom is 0.303 e. The summed E-state index contributed by atoms with van der Waals surface area (Å²) in [4.78, 5) is 25.6. The van der Waals surface area contributed by atoms with Crippen LogP contribution >= 0.6 is 0 Å². The summed E-state index contributed by atoms with van der Waals surface area (Å²) < 4.78 is 0. The number of nitrogens with zero attached hydrogens (tertiary/aromatic N) is 1. The number of hydrogen-bond acceptors (Lipinski definition) is 4. The molecule has 1 heterocycles. The maximum absolute atomic E-state index is 9.60. The quantitative estimate of drug-likeness (QED) is 0.160. The lowest BCUT2D eigenvalue weighted by Gasteiger charge is -2.04. The molecule has 0 fully saturated rings. The number of hydrogen-bond donors (Lipinski definition) is 4.